The maximum atomic E-state index is 12.9. The van der Waals surface area contributed by atoms with Crippen molar-refractivity contribution >= 4 is 6.21 Å². The smallest absolute Gasteiger partial charge is 0.331 e. The molecule has 24 heavy (non-hydrogen) atoms. The largest absolute Gasteiger partial charge is 0.494 e. The molecule has 1 heterocycles. The standard InChI is InChI=1S/C16H19FN4O3/c1-20(2)8-7-18-9-13-14(22)19-16(24)21(15(13)23)10-11-3-5-12(17)6-4-11/h3-6,9,23H,7-8,10H2,1-2H3,(H,19,22,24). The van der Waals surface area contributed by atoms with Crippen LogP contribution in [0.15, 0.2) is 38.8 Å². The zero-order valence-electron chi connectivity index (χ0n) is 13.5. The number of aromatic nitrogens is 2. The van der Waals surface area contributed by atoms with E-state index in [1.165, 1.54) is 30.5 Å². The van der Waals surface area contributed by atoms with Crippen LogP contribution >= 0.6 is 0 Å². The summed E-state index contributed by atoms with van der Waals surface area (Å²) < 4.78 is 13.9. The molecule has 0 aliphatic heterocycles. The molecule has 0 amide bonds. The normalized spacial score (nSPS) is 11.5. The lowest BCUT2D eigenvalue weighted by atomic mass is 10.2. The van der Waals surface area contributed by atoms with Crippen LogP contribution in [0.1, 0.15) is 11.1 Å². The van der Waals surface area contributed by atoms with Crippen LogP contribution in [-0.2, 0) is 6.54 Å². The van der Waals surface area contributed by atoms with Crippen molar-refractivity contribution < 1.29 is 9.50 Å². The van der Waals surface area contributed by atoms with Crippen LogP contribution in [-0.4, -0.2) is 53.0 Å². The first-order valence-electron chi connectivity index (χ1n) is 7.33. The number of aromatic amines is 1. The van der Waals surface area contributed by atoms with E-state index >= 15 is 0 Å². The summed E-state index contributed by atoms with van der Waals surface area (Å²) in [7, 11) is 3.78. The highest BCUT2D eigenvalue weighted by Gasteiger charge is 2.13. The predicted molar refractivity (Wildman–Crippen MR) is 89.5 cm³/mol. The van der Waals surface area contributed by atoms with E-state index in [0.717, 1.165) is 4.57 Å². The number of hydrogen-bond acceptors (Lipinski definition) is 5. The average molecular weight is 334 g/mol. The lowest BCUT2D eigenvalue weighted by Gasteiger charge is -2.10. The van der Waals surface area contributed by atoms with Crippen molar-refractivity contribution in [2.24, 2.45) is 4.99 Å². The van der Waals surface area contributed by atoms with Gasteiger partial charge in [0, 0.05) is 12.8 Å². The van der Waals surface area contributed by atoms with Crippen LogP contribution in [0.5, 0.6) is 5.88 Å². The number of nitrogens with one attached hydrogen (secondary N) is 1. The zero-order valence-corrected chi connectivity index (χ0v) is 13.5. The molecule has 2 rings (SSSR count). The van der Waals surface area contributed by atoms with Gasteiger partial charge in [0.2, 0.25) is 5.88 Å². The van der Waals surface area contributed by atoms with Crippen LogP contribution in [0.2, 0.25) is 0 Å². The van der Waals surface area contributed by atoms with Crippen molar-refractivity contribution in [2.45, 2.75) is 6.54 Å². The summed E-state index contributed by atoms with van der Waals surface area (Å²) in [5.41, 5.74) is -0.930. The van der Waals surface area contributed by atoms with Gasteiger partial charge in [-0.05, 0) is 31.8 Å². The van der Waals surface area contributed by atoms with Gasteiger partial charge in [-0.2, -0.15) is 0 Å². The molecular weight excluding hydrogens is 315 g/mol. The summed E-state index contributed by atoms with van der Waals surface area (Å²) in [4.78, 5) is 31.9. The Balaban J connectivity index is 2.32. The Hall–Kier alpha value is -2.74. The van der Waals surface area contributed by atoms with Gasteiger partial charge in [-0.1, -0.05) is 12.1 Å². The molecular formula is C16H19FN4O3. The molecule has 0 radical (unpaired) electrons. The van der Waals surface area contributed by atoms with Crippen molar-refractivity contribution in [3.8, 4) is 5.88 Å². The Kier molecular flexibility index (Phi) is 5.64. The van der Waals surface area contributed by atoms with Gasteiger partial charge >= 0.3 is 5.69 Å². The van der Waals surface area contributed by atoms with Gasteiger partial charge in [0.15, 0.2) is 0 Å². The van der Waals surface area contributed by atoms with Crippen LogP contribution in [0.25, 0.3) is 0 Å². The van der Waals surface area contributed by atoms with E-state index in [2.05, 4.69) is 9.98 Å². The van der Waals surface area contributed by atoms with E-state index in [1.54, 1.807) is 0 Å². The van der Waals surface area contributed by atoms with Crippen molar-refractivity contribution in [2.75, 3.05) is 27.2 Å². The highest BCUT2D eigenvalue weighted by Crippen LogP contribution is 2.11. The second-order valence-electron chi connectivity index (χ2n) is 5.55. The fourth-order valence-electron chi connectivity index (χ4n) is 2.02. The summed E-state index contributed by atoms with van der Waals surface area (Å²) in [6.45, 7) is 1.13. The van der Waals surface area contributed by atoms with Crippen LogP contribution < -0.4 is 11.2 Å². The highest BCUT2D eigenvalue weighted by atomic mass is 19.1. The van der Waals surface area contributed by atoms with Crippen molar-refractivity contribution in [1.82, 2.24) is 14.5 Å². The van der Waals surface area contributed by atoms with E-state index < -0.39 is 22.9 Å². The van der Waals surface area contributed by atoms with Gasteiger partial charge < -0.3 is 10.0 Å². The SMILES string of the molecule is CN(C)CCN=Cc1c(O)n(Cc2ccc(F)cc2)c(=O)[nH]c1=O. The lowest BCUT2D eigenvalue weighted by molar-refractivity contribution is 0.408. The maximum absolute atomic E-state index is 12.9. The Bertz CT molecular complexity index is 838. The molecule has 8 heteroatoms. The first-order valence-corrected chi connectivity index (χ1v) is 7.33. The molecule has 0 fully saturated rings. The molecule has 0 saturated carbocycles. The fraction of sp³-hybridized carbons (Fsp3) is 0.312. The molecule has 2 aromatic rings. The Labute approximate surface area is 137 Å². The number of aliphatic imine (C=N–C) groups is 1. The average Bonchev–Trinajstić information content (AvgIpc) is 2.52. The molecule has 1 aromatic carbocycles. The highest BCUT2D eigenvalue weighted by molar-refractivity contribution is 5.81. The number of H-pyrrole nitrogens is 1. The zero-order chi connectivity index (χ0) is 17.7. The molecule has 2 N–H and O–H groups in total. The molecule has 7 nitrogen and oxygen atoms in total. The van der Waals surface area contributed by atoms with Gasteiger partial charge in [0.05, 0.1) is 13.1 Å². The third kappa shape index (κ3) is 4.39. The summed E-state index contributed by atoms with van der Waals surface area (Å²) >= 11 is 0. The molecule has 1 aromatic heterocycles. The minimum Gasteiger partial charge on any atom is -0.494 e. The molecule has 128 valence electrons. The molecule has 0 aliphatic rings. The van der Waals surface area contributed by atoms with Gasteiger partial charge in [-0.25, -0.2) is 9.18 Å². The molecule has 0 spiro atoms. The second kappa shape index (κ2) is 7.69. The Morgan fingerprint density at radius 1 is 1.29 bits per heavy atom. The molecule has 0 bridgehead atoms. The number of halogens is 1. The van der Waals surface area contributed by atoms with E-state index in [0.29, 0.717) is 18.7 Å². The van der Waals surface area contributed by atoms with Crippen molar-refractivity contribution in [3.63, 3.8) is 0 Å². The number of nitrogens with zero attached hydrogens (tertiary/aromatic N) is 3. The van der Waals surface area contributed by atoms with Crippen molar-refractivity contribution in [1.29, 1.82) is 0 Å². The summed E-state index contributed by atoms with van der Waals surface area (Å²) in [5.74, 6) is -0.868. The molecule has 0 unspecified atom stereocenters. The number of rotatable bonds is 6. The minimum atomic E-state index is -0.743. The lowest BCUT2D eigenvalue weighted by Crippen LogP contribution is -2.32. The van der Waals surface area contributed by atoms with Crippen LogP contribution in [0.4, 0.5) is 4.39 Å². The molecule has 0 aliphatic carbocycles. The first kappa shape index (κ1) is 17.6. The summed E-state index contributed by atoms with van der Waals surface area (Å²) in [6, 6.07) is 5.51. The number of likely N-dealkylation sites (N-methyl/N-ethyl adjacent to an activating group) is 1. The summed E-state index contributed by atoms with van der Waals surface area (Å²) in [5, 5.41) is 10.2. The van der Waals surface area contributed by atoms with Crippen molar-refractivity contribution in [3.05, 3.63) is 62.0 Å². The number of aromatic hydroxyl groups is 1. The molecule has 0 saturated heterocycles. The Morgan fingerprint density at radius 2 is 1.96 bits per heavy atom. The quantitative estimate of drug-likeness (QED) is 0.749. The third-order valence-corrected chi connectivity index (χ3v) is 3.36. The molecule has 0 atom stereocenters. The predicted octanol–water partition coefficient (Wildman–Crippen LogP) is 0.410. The number of benzene rings is 1. The summed E-state index contributed by atoms with van der Waals surface area (Å²) in [6.07, 6.45) is 1.25. The van der Waals surface area contributed by atoms with Crippen LogP contribution in [0.3, 0.4) is 0 Å². The maximum Gasteiger partial charge on any atom is 0.331 e. The van der Waals surface area contributed by atoms with Gasteiger partial charge in [-0.15, -0.1) is 0 Å². The minimum absolute atomic E-state index is 0.000262. The van der Waals surface area contributed by atoms with E-state index in [4.69, 9.17) is 0 Å². The van der Waals surface area contributed by atoms with Gasteiger partial charge in [0.25, 0.3) is 5.56 Å². The third-order valence-electron chi connectivity index (χ3n) is 3.36. The van der Waals surface area contributed by atoms with E-state index in [9.17, 15) is 19.1 Å². The topological polar surface area (TPSA) is 90.7 Å². The second-order valence-corrected chi connectivity index (χ2v) is 5.55. The van der Waals surface area contributed by atoms with Gasteiger partial charge in [-0.3, -0.25) is 19.3 Å². The monoisotopic (exact) mass is 334 g/mol. The fourth-order valence-corrected chi connectivity index (χ4v) is 2.02. The van der Waals surface area contributed by atoms with E-state index in [1.807, 2.05) is 19.0 Å². The van der Waals surface area contributed by atoms with E-state index in [-0.39, 0.29) is 12.1 Å². The Morgan fingerprint density at radius 3 is 2.58 bits per heavy atom. The van der Waals surface area contributed by atoms with Gasteiger partial charge in [0.1, 0.15) is 11.4 Å². The number of hydrogen-bond donors (Lipinski definition) is 2. The van der Waals surface area contributed by atoms with Crippen LogP contribution in [0, 0.1) is 5.82 Å². The first-order chi connectivity index (χ1) is 11.4.